The molecule has 0 saturated carbocycles. The molecular formula is C23H26N4O4. The standard InChI is InChI=1S/C23H26N4O4/c28-13-11-24-23(25-12-14-29)26-21-16-20(27-31-21)10-9-17-5-4-8-19(15-17)22(30)18-6-2-1-3-7-18/h1-8,15-16,28-29H,9-14H2,(H2,24,25,26). The molecule has 3 aromatic rings. The molecule has 0 amide bonds. The molecule has 0 aliphatic rings. The van der Waals surface area contributed by atoms with Crippen molar-refractivity contribution in [1.82, 2.24) is 10.5 Å². The number of carbonyl (C=O) groups excluding carboxylic acids is 1. The number of aryl methyl sites for hydroxylation is 2. The number of ketones is 1. The van der Waals surface area contributed by atoms with E-state index < -0.39 is 0 Å². The van der Waals surface area contributed by atoms with Crippen LogP contribution < -0.4 is 10.6 Å². The van der Waals surface area contributed by atoms with Gasteiger partial charge < -0.3 is 20.1 Å². The molecule has 0 bridgehead atoms. The third-order valence-corrected chi connectivity index (χ3v) is 4.47. The average molecular weight is 422 g/mol. The molecule has 1 aromatic heterocycles. The molecule has 31 heavy (non-hydrogen) atoms. The summed E-state index contributed by atoms with van der Waals surface area (Å²) in [6.07, 6.45) is 1.34. The zero-order valence-corrected chi connectivity index (χ0v) is 17.1. The summed E-state index contributed by atoms with van der Waals surface area (Å²) in [6, 6.07) is 18.6. The molecule has 0 unspecified atom stereocenters. The minimum absolute atomic E-state index is 0.000414. The number of nitrogens with one attached hydrogen (secondary N) is 2. The second-order valence-corrected chi connectivity index (χ2v) is 6.81. The van der Waals surface area contributed by atoms with E-state index in [0.717, 1.165) is 11.3 Å². The number of nitrogens with zero attached hydrogens (tertiary/aromatic N) is 2. The number of anilines is 1. The minimum atomic E-state index is -0.0839. The summed E-state index contributed by atoms with van der Waals surface area (Å²) in [6.45, 7) is 0.406. The molecule has 4 N–H and O–H groups in total. The van der Waals surface area contributed by atoms with Crippen LogP contribution in [-0.2, 0) is 12.8 Å². The molecule has 0 atom stereocenters. The molecule has 0 saturated heterocycles. The van der Waals surface area contributed by atoms with Crippen LogP contribution in [0.3, 0.4) is 0 Å². The van der Waals surface area contributed by atoms with Gasteiger partial charge in [-0.3, -0.25) is 15.1 Å². The normalized spacial score (nSPS) is 11.4. The molecule has 8 nitrogen and oxygen atoms in total. The highest BCUT2D eigenvalue weighted by Gasteiger charge is 2.10. The van der Waals surface area contributed by atoms with Gasteiger partial charge in [0.15, 0.2) is 11.7 Å². The van der Waals surface area contributed by atoms with Crippen LogP contribution in [0.4, 0.5) is 5.88 Å². The van der Waals surface area contributed by atoms with E-state index in [-0.39, 0.29) is 25.5 Å². The molecule has 0 aliphatic carbocycles. The number of aliphatic hydroxyl groups excluding tert-OH is 2. The lowest BCUT2D eigenvalue weighted by Gasteiger charge is -2.08. The van der Waals surface area contributed by atoms with Crippen molar-refractivity contribution in [2.75, 3.05) is 31.6 Å². The Morgan fingerprint density at radius 3 is 2.55 bits per heavy atom. The van der Waals surface area contributed by atoms with Crippen LogP contribution in [-0.4, -0.2) is 53.4 Å². The molecule has 3 rings (SSSR count). The first-order valence-electron chi connectivity index (χ1n) is 10.1. The van der Waals surface area contributed by atoms with Crippen LogP contribution in [0, 0.1) is 0 Å². The van der Waals surface area contributed by atoms with Gasteiger partial charge >= 0.3 is 0 Å². The van der Waals surface area contributed by atoms with E-state index in [1.54, 1.807) is 6.07 Å². The smallest absolute Gasteiger partial charge is 0.231 e. The Labute approximate surface area is 180 Å². The minimum Gasteiger partial charge on any atom is -0.395 e. The Hall–Kier alpha value is -3.49. The van der Waals surface area contributed by atoms with Crippen molar-refractivity contribution in [3.05, 3.63) is 83.0 Å². The fourth-order valence-corrected chi connectivity index (χ4v) is 2.98. The summed E-state index contributed by atoms with van der Waals surface area (Å²) in [5.41, 5.74) is 3.12. The largest absolute Gasteiger partial charge is 0.395 e. The summed E-state index contributed by atoms with van der Waals surface area (Å²) in [4.78, 5) is 16.8. The van der Waals surface area contributed by atoms with Gasteiger partial charge in [-0.1, -0.05) is 53.7 Å². The zero-order chi connectivity index (χ0) is 21.9. The molecular weight excluding hydrogens is 396 g/mol. The molecule has 8 heteroatoms. The molecule has 0 fully saturated rings. The van der Waals surface area contributed by atoms with Gasteiger partial charge in [-0.15, -0.1) is 0 Å². The van der Waals surface area contributed by atoms with Gasteiger partial charge in [0.25, 0.3) is 0 Å². The predicted molar refractivity (Wildman–Crippen MR) is 118 cm³/mol. The number of hydrogen-bond acceptors (Lipinski definition) is 6. The van der Waals surface area contributed by atoms with Crippen molar-refractivity contribution in [1.29, 1.82) is 0 Å². The Balaban J connectivity index is 1.60. The lowest BCUT2D eigenvalue weighted by molar-refractivity contribution is 0.103. The van der Waals surface area contributed by atoms with Gasteiger partial charge in [0.2, 0.25) is 5.88 Å². The van der Waals surface area contributed by atoms with Gasteiger partial charge in [0, 0.05) is 23.7 Å². The number of carbonyl (C=O) groups is 1. The second kappa shape index (κ2) is 11.6. The molecule has 162 valence electrons. The summed E-state index contributed by atoms with van der Waals surface area (Å²) < 4.78 is 5.30. The Kier molecular flexibility index (Phi) is 8.33. The molecule has 2 aromatic carbocycles. The predicted octanol–water partition coefficient (Wildman–Crippen LogP) is 2.03. The Morgan fingerprint density at radius 2 is 1.77 bits per heavy atom. The number of aromatic nitrogens is 1. The van der Waals surface area contributed by atoms with E-state index in [9.17, 15) is 4.79 Å². The fraction of sp³-hybridized carbons (Fsp3) is 0.261. The fourth-order valence-electron chi connectivity index (χ4n) is 2.98. The maximum Gasteiger partial charge on any atom is 0.231 e. The first kappa shape index (κ1) is 22.2. The van der Waals surface area contributed by atoms with Gasteiger partial charge in [0.1, 0.15) is 0 Å². The molecule has 0 spiro atoms. The van der Waals surface area contributed by atoms with E-state index >= 15 is 0 Å². The SMILES string of the molecule is O=C(c1ccccc1)c1cccc(CCc2cc(NC(=NCCO)NCCO)on2)c1. The third kappa shape index (κ3) is 6.77. The van der Waals surface area contributed by atoms with Crippen molar-refractivity contribution in [3.8, 4) is 0 Å². The van der Waals surface area contributed by atoms with E-state index in [1.807, 2.05) is 54.6 Å². The van der Waals surface area contributed by atoms with Crippen molar-refractivity contribution in [2.24, 2.45) is 4.99 Å². The van der Waals surface area contributed by atoms with Crippen LogP contribution in [0.2, 0.25) is 0 Å². The van der Waals surface area contributed by atoms with Crippen LogP contribution in [0.1, 0.15) is 27.2 Å². The van der Waals surface area contributed by atoms with Crippen LogP contribution in [0.25, 0.3) is 0 Å². The van der Waals surface area contributed by atoms with Crippen molar-refractivity contribution < 1.29 is 19.5 Å². The highest BCUT2D eigenvalue weighted by molar-refractivity contribution is 6.09. The van der Waals surface area contributed by atoms with E-state index in [0.29, 0.717) is 42.4 Å². The lowest BCUT2D eigenvalue weighted by atomic mass is 9.99. The summed E-state index contributed by atoms with van der Waals surface area (Å²) in [7, 11) is 0. The number of aliphatic imine (C=N–C) groups is 1. The second-order valence-electron chi connectivity index (χ2n) is 6.81. The molecule has 0 radical (unpaired) electrons. The first-order chi connectivity index (χ1) is 15.2. The van der Waals surface area contributed by atoms with Crippen molar-refractivity contribution in [3.63, 3.8) is 0 Å². The van der Waals surface area contributed by atoms with Crippen LogP contribution >= 0.6 is 0 Å². The summed E-state index contributed by atoms with van der Waals surface area (Å²) in [5, 5.41) is 27.8. The topological polar surface area (TPSA) is 120 Å². The first-order valence-corrected chi connectivity index (χ1v) is 10.1. The maximum atomic E-state index is 12.6. The highest BCUT2D eigenvalue weighted by Crippen LogP contribution is 2.15. The monoisotopic (exact) mass is 422 g/mol. The van der Waals surface area contributed by atoms with Crippen LogP contribution in [0.15, 0.2) is 70.2 Å². The quantitative estimate of drug-likeness (QED) is 0.224. The van der Waals surface area contributed by atoms with Gasteiger partial charge in [-0.25, -0.2) is 0 Å². The summed E-state index contributed by atoms with van der Waals surface area (Å²) in [5.74, 6) is 0.795. The van der Waals surface area contributed by atoms with Crippen molar-refractivity contribution >= 4 is 17.6 Å². The van der Waals surface area contributed by atoms with Crippen LogP contribution in [0.5, 0.6) is 0 Å². The number of aliphatic hydroxyl groups is 2. The maximum absolute atomic E-state index is 12.6. The number of benzene rings is 2. The van der Waals surface area contributed by atoms with Gasteiger partial charge in [-0.05, 0) is 24.5 Å². The van der Waals surface area contributed by atoms with E-state index in [2.05, 4.69) is 20.8 Å². The summed E-state index contributed by atoms with van der Waals surface area (Å²) >= 11 is 0. The van der Waals surface area contributed by atoms with Crippen molar-refractivity contribution in [2.45, 2.75) is 12.8 Å². The average Bonchev–Trinajstić information content (AvgIpc) is 3.27. The highest BCUT2D eigenvalue weighted by atomic mass is 16.5. The number of hydrogen-bond donors (Lipinski definition) is 4. The Bertz CT molecular complexity index is 1000. The number of guanidine groups is 1. The van der Waals surface area contributed by atoms with Gasteiger partial charge in [-0.2, -0.15) is 0 Å². The lowest BCUT2D eigenvalue weighted by Crippen LogP contribution is -2.33. The molecule has 0 aliphatic heterocycles. The van der Waals surface area contributed by atoms with Gasteiger partial charge in [0.05, 0.1) is 25.5 Å². The Morgan fingerprint density at radius 1 is 0.968 bits per heavy atom. The number of rotatable bonds is 10. The zero-order valence-electron chi connectivity index (χ0n) is 17.1. The van der Waals surface area contributed by atoms with E-state index in [1.165, 1.54) is 0 Å². The molecule has 1 heterocycles. The van der Waals surface area contributed by atoms with E-state index in [4.69, 9.17) is 14.7 Å². The third-order valence-electron chi connectivity index (χ3n) is 4.47.